The summed E-state index contributed by atoms with van der Waals surface area (Å²) in [5.41, 5.74) is 1.48. The molecule has 0 fully saturated rings. The van der Waals surface area contributed by atoms with Crippen LogP contribution in [0.4, 0.5) is 0 Å². The molecule has 0 radical (unpaired) electrons. The van der Waals surface area contributed by atoms with E-state index in [2.05, 4.69) is 38.2 Å². The van der Waals surface area contributed by atoms with Crippen molar-refractivity contribution in [2.45, 2.75) is 45.8 Å². The zero-order valence-corrected chi connectivity index (χ0v) is 10.7. The van der Waals surface area contributed by atoms with Crippen molar-refractivity contribution in [3.63, 3.8) is 0 Å². The van der Waals surface area contributed by atoms with Crippen LogP contribution in [0, 0.1) is 0 Å². The first-order valence-corrected chi connectivity index (χ1v) is 6.01. The summed E-state index contributed by atoms with van der Waals surface area (Å²) in [6.45, 7) is 8.72. The molecular weight excluding hydrogens is 198 g/mol. The lowest BCUT2D eigenvalue weighted by Gasteiger charge is -2.25. The SMILES string of the molecule is CCc1ccc(C(C)(O)CNC(C)C)cc1. The van der Waals surface area contributed by atoms with Crippen molar-refractivity contribution in [3.8, 4) is 0 Å². The largest absolute Gasteiger partial charge is 0.384 e. The molecule has 0 saturated heterocycles. The Morgan fingerprint density at radius 1 is 1.25 bits per heavy atom. The van der Waals surface area contributed by atoms with E-state index in [0.717, 1.165) is 12.0 Å². The van der Waals surface area contributed by atoms with Crippen LogP contribution in [-0.2, 0) is 12.0 Å². The van der Waals surface area contributed by atoms with Gasteiger partial charge in [-0.25, -0.2) is 0 Å². The molecule has 2 N–H and O–H groups in total. The molecule has 0 aliphatic carbocycles. The first kappa shape index (κ1) is 13.2. The summed E-state index contributed by atoms with van der Waals surface area (Å²) in [4.78, 5) is 0. The highest BCUT2D eigenvalue weighted by atomic mass is 16.3. The van der Waals surface area contributed by atoms with E-state index in [9.17, 15) is 5.11 Å². The lowest BCUT2D eigenvalue weighted by Crippen LogP contribution is -2.38. The number of nitrogens with one attached hydrogen (secondary N) is 1. The molecule has 16 heavy (non-hydrogen) atoms. The average Bonchev–Trinajstić information content (AvgIpc) is 2.27. The topological polar surface area (TPSA) is 32.3 Å². The molecule has 0 heterocycles. The van der Waals surface area contributed by atoms with Crippen molar-refractivity contribution >= 4 is 0 Å². The molecule has 1 atom stereocenters. The molecule has 1 unspecified atom stereocenters. The zero-order valence-electron chi connectivity index (χ0n) is 10.7. The van der Waals surface area contributed by atoms with Crippen LogP contribution in [0.25, 0.3) is 0 Å². The van der Waals surface area contributed by atoms with Crippen LogP contribution >= 0.6 is 0 Å². The molecule has 90 valence electrons. The smallest absolute Gasteiger partial charge is 0.0992 e. The van der Waals surface area contributed by atoms with Crippen LogP contribution in [0.5, 0.6) is 0 Å². The highest BCUT2D eigenvalue weighted by molar-refractivity contribution is 5.27. The Morgan fingerprint density at radius 2 is 1.81 bits per heavy atom. The Labute approximate surface area is 98.7 Å². The maximum absolute atomic E-state index is 10.3. The first-order chi connectivity index (χ1) is 7.45. The third-order valence-corrected chi connectivity index (χ3v) is 2.84. The number of aryl methyl sites for hydroxylation is 1. The van der Waals surface area contributed by atoms with Crippen LogP contribution in [0.15, 0.2) is 24.3 Å². The number of aliphatic hydroxyl groups is 1. The van der Waals surface area contributed by atoms with Gasteiger partial charge in [-0.1, -0.05) is 45.0 Å². The van der Waals surface area contributed by atoms with Gasteiger partial charge in [0.2, 0.25) is 0 Å². The van der Waals surface area contributed by atoms with Crippen molar-refractivity contribution in [1.29, 1.82) is 0 Å². The third-order valence-electron chi connectivity index (χ3n) is 2.84. The molecule has 1 aromatic carbocycles. The van der Waals surface area contributed by atoms with Gasteiger partial charge in [-0.15, -0.1) is 0 Å². The monoisotopic (exact) mass is 221 g/mol. The van der Waals surface area contributed by atoms with Gasteiger partial charge in [0.15, 0.2) is 0 Å². The second kappa shape index (κ2) is 5.46. The fourth-order valence-electron chi connectivity index (χ4n) is 1.60. The Bertz CT molecular complexity index is 314. The zero-order chi connectivity index (χ0) is 12.2. The van der Waals surface area contributed by atoms with Gasteiger partial charge in [0.1, 0.15) is 0 Å². The quantitative estimate of drug-likeness (QED) is 0.800. The van der Waals surface area contributed by atoms with Crippen LogP contribution < -0.4 is 5.32 Å². The average molecular weight is 221 g/mol. The maximum atomic E-state index is 10.3. The van der Waals surface area contributed by atoms with Crippen LogP contribution in [0.1, 0.15) is 38.8 Å². The van der Waals surface area contributed by atoms with Gasteiger partial charge in [-0.2, -0.15) is 0 Å². The summed E-state index contributed by atoms with van der Waals surface area (Å²) in [5, 5.41) is 13.6. The second-order valence-corrected chi connectivity index (χ2v) is 4.86. The van der Waals surface area contributed by atoms with E-state index < -0.39 is 5.60 Å². The van der Waals surface area contributed by atoms with Crippen molar-refractivity contribution in [2.24, 2.45) is 0 Å². The van der Waals surface area contributed by atoms with Gasteiger partial charge < -0.3 is 10.4 Å². The van der Waals surface area contributed by atoms with Crippen molar-refractivity contribution in [1.82, 2.24) is 5.32 Å². The Kier molecular flexibility index (Phi) is 4.51. The lowest BCUT2D eigenvalue weighted by atomic mass is 9.94. The summed E-state index contributed by atoms with van der Waals surface area (Å²) in [5.74, 6) is 0. The highest BCUT2D eigenvalue weighted by Gasteiger charge is 2.22. The van der Waals surface area contributed by atoms with E-state index >= 15 is 0 Å². The fourth-order valence-corrected chi connectivity index (χ4v) is 1.60. The Balaban J connectivity index is 2.72. The van der Waals surface area contributed by atoms with Crippen LogP contribution in [0.3, 0.4) is 0 Å². The molecule has 0 spiro atoms. The standard InChI is InChI=1S/C14H23NO/c1-5-12-6-8-13(9-7-12)14(4,16)10-15-11(2)3/h6-9,11,15-16H,5,10H2,1-4H3. The molecule has 0 aromatic heterocycles. The van der Waals surface area contributed by atoms with Gasteiger partial charge >= 0.3 is 0 Å². The van der Waals surface area contributed by atoms with E-state index in [4.69, 9.17) is 0 Å². The molecule has 0 saturated carbocycles. The number of rotatable bonds is 5. The van der Waals surface area contributed by atoms with E-state index in [-0.39, 0.29) is 0 Å². The fraction of sp³-hybridized carbons (Fsp3) is 0.571. The summed E-state index contributed by atoms with van der Waals surface area (Å²) in [6.07, 6.45) is 1.03. The molecule has 1 rings (SSSR count). The minimum atomic E-state index is -0.795. The number of hydrogen-bond donors (Lipinski definition) is 2. The van der Waals surface area contributed by atoms with Crippen LogP contribution in [0.2, 0.25) is 0 Å². The second-order valence-electron chi connectivity index (χ2n) is 4.86. The molecular formula is C14H23NO. The summed E-state index contributed by atoms with van der Waals surface area (Å²) in [6, 6.07) is 8.58. The number of hydrogen-bond acceptors (Lipinski definition) is 2. The molecule has 0 bridgehead atoms. The van der Waals surface area contributed by atoms with Crippen molar-refractivity contribution < 1.29 is 5.11 Å². The van der Waals surface area contributed by atoms with E-state index in [0.29, 0.717) is 12.6 Å². The number of benzene rings is 1. The van der Waals surface area contributed by atoms with E-state index in [1.54, 1.807) is 0 Å². The molecule has 0 amide bonds. The van der Waals surface area contributed by atoms with E-state index in [1.807, 2.05) is 19.1 Å². The molecule has 1 aromatic rings. The lowest BCUT2D eigenvalue weighted by molar-refractivity contribution is 0.0549. The molecule has 0 aliphatic rings. The van der Waals surface area contributed by atoms with Crippen molar-refractivity contribution in [3.05, 3.63) is 35.4 Å². The molecule has 2 heteroatoms. The molecule has 0 aliphatic heterocycles. The van der Waals surface area contributed by atoms with E-state index in [1.165, 1.54) is 5.56 Å². The summed E-state index contributed by atoms with van der Waals surface area (Å²) >= 11 is 0. The summed E-state index contributed by atoms with van der Waals surface area (Å²) < 4.78 is 0. The van der Waals surface area contributed by atoms with Crippen LogP contribution in [-0.4, -0.2) is 17.7 Å². The predicted molar refractivity (Wildman–Crippen MR) is 68.5 cm³/mol. The minimum absolute atomic E-state index is 0.390. The summed E-state index contributed by atoms with van der Waals surface area (Å²) in [7, 11) is 0. The van der Waals surface area contributed by atoms with Gasteiger partial charge in [0, 0.05) is 12.6 Å². The highest BCUT2D eigenvalue weighted by Crippen LogP contribution is 2.20. The normalized spacial score (nSPS) is 15.1. The first-order valence-electron chi connectivity index (χ1n) is 6.01. The van der Waals surface area contributed by atoms with Crippen molar-refractivity contribution in [2.75, 3.05) is 6.54 Å². The molecule has 2 nitrogen and oxygen atoms in total. The Morgan fingerprint density at radius 3 is 2.25 bits per heavy atom. The third kappa shape index (κ3) is 3.62. The minimum Gasteiger partial charge on any atom is -0.384 e. The van der Waals surface area contributed by atoms with Gasteiger partial charge in [0.25, 0.3) is 0 Å². The Hall–Kier alpha value is -0.860. The maximum Gasteiger partial charge on any atom is 0.0992 e. The predicted octanol–water partition coefficient (Wildman–Crippen LogP) is 2.45. The van der Waals surface area contributed by atoms with Gasteiger partial charge in [0.05, 0.1) is 5.60 Å². The van der Waals surface area contributed by atoms with Gasteiger partial charge in [-0.05, 0) is 24.5 Å². The van der Waals surface area contributed by atoms with Gasteiger partial charge in [-0.3, -0.25) is 0 Å².